The third kappa shape index (κ3) is 4.56. The maximum atomic E-state index is 15.8. The molecular weight excluding hydrogens is 399 g/mol. The smallest absolute Gasteiger partial charge is 0.226 e. The lowest BCUT2D eigenvalue weighted by atomic mass is 9.79. The molecule has 8 nitrogen and oxygen atoms in total. The van der Waals surface area contributed by atoms with E-state index in [1.165, 1.54) is 6.21 Å². The van der Waals surface area contributed by atoms with Gasteiger partial charge in [-0.1, -0.05) is 18.6 Å². The molecule has 0 bridgehead atoms. The second-order valence-electron chi connectivity index (χ2n) is 7.46. The number of hydrogen-bond donors (Lipinski definition) is 2. The van der Waals surface area contributed by atoms with Gasteiger partial charge in [0.15, 0.2) is 11.6 Å². The van der Waals surface area contributed by atoms with E-state index in [2.05, 4.69) is 25.3 Å². The molecule has 0 amide bonds. The molecule has 9 heteroatoms. The Bertz CT molecular complexity index is 1060. The molecule has 4 rings (SSSR count). The summed E-state index contributed by atoms with van der Waals surface area (Å²) in [4.78, 5) is 17.0. The normalized spacial score (nSPS) is 16.2. The maximum Gasteiger partial charge on any atom is 0.226 e. The molecule has 1 aromatic carbocycles. The van der Waals surface area contributed by atoms with Crippen LogP contribution in [-0.2, 0) is 11.3 Å². The lowest BCUT2D eigenvalue weighted by molar-refractivity contribution is 0.181. The molecule has 0 radical (unpaired) electrons. The molecule has 0 spiro atoms. The van der Waals surface area contributed by atoms with E-state index in [1.807, 2.05) is 6.07 Å². The van der Waals surface area contributed by atoms with Crippen molar-refractivity contribution in [2.24, 2.45) is 15.7 Å². The third-order valence-corrected chi connectivity index (χ3v) is 5.35. The van der Waals surface area contributed by atoms with E-state index in [9.17, 15) is 0 Å². The van der Waals surface area contributed by atoms with Gasteiger partial charge >= 0.3 is 0 Å². The number of aliphatic imine (C=N–C) groups is 2. The molecule has 1 aromatic heterocycles. The molecule has 0 atom stereocenters. The van der Waals surface area contributed by atoms with Gasteiger partial charge in [-0.3, -0.25) is 4.99 Å². The first-order valence-corrected chi connectivity index (χ1v) is 10.2. The van der Waals surface area contributed by atoms with Crippen LogP contribution in [0, 0.1) is 5.82 Å². The van der Waals surface area contributed by atoms with Crippen molar-refractivity contribution in [1.82, 2.24) is 9.97 Å². The number of benzene rings is 1. The third-order valence-electron chi connectivity index (χ3n) is 5.35. The predicted octanol–water partition coefficient (Wildman–Crippen LogP) is 3.65. The molecular formula is C22H25FN6O2. The number of amidine groups is 1. The predicted molar refractivity (Wildman–Crippen MR) is 118 cm³/mol. The summed E-state index contributed by atoms with van der Waals surface area (Å²) in [5.41, 5.74) is 8.18. The summed E-state index contributed by atoms with van der Waals surface area (Å²) in [6.45, 7) is 0.564. The number of ether oxygens (including phenoxy) is 2. The zero-order valence-electron chi connectivity index (χ0n) is 17.6. The summed E-state index contributed by atoms with van der Waals surface area (Å²) >= 11 is 0. The Kier molecular flexibility index (Phi) is 6.22. The summed E-state index contributed by atoms with van der Waals surface area (Å²) in [5.74, 6) is 0.883. The molecule has 1 fully saturated rings. The fourth-order valence-corrected chi connectivity index (χ4v) is 3.55. The number of aromatic nitrogens is 2. The SMILES string of the molecule is CNc1nc(COC)cc(Oc2c(C3CCC3)ccc(C3=CN=C(N)C=NC3)c2F)n1. The largest absolute Gasteiger partial charge is 0.435 e. The fraction of sp³-hybridized carbons (Fsp3) is 0.364. The van der Waals surface area contributed by atoms with E-state index in [-0.39, 0.29) is 36.5 Å². The Labute approximate surface area is 180 Å². The first kappa shape index (κ1) is 20.9. The van der Waals surface area contributed by atoms with Gasteiger partial charge in [-0.25, -0.2) is 14.4 Å². The van der Waals surface area contributed by atoms with Gasteiger partial charge in [-0.2, -0.15) is 4.98 Å². The summed E-state index contributed by atoms with van der Waals surface area (Å²) in [5, 5.41) is 2.90. The lowest BCUT2D eigenvalue weighted by Gasteiger charge is -2.28. The molecule has 1 aliphatic heterocycles. The van der Waals surface area contributed by atoms with Gasteiger partial charge in [0.25, 0.3) is 0 Å². The van der Waals surface area contributed by atoms with Crippen LogP contribution < -0.4 is 15.8 Å². The summed E-state index contributed by atoms with van der Waals surface area (Å²) in [6, 6.07) is 5.35. The highest BCUT2D eigenvalue weighted by atomic mass is 19.1. The fourth-order valence-electron chi connectivity index (χ4n) is 3.55. The second-order valence-corrected chi connectivity index (χ2v) is 7.46. The molecule has 162 valence electrons. The van der Waals surface area contributed by atoms with Crippen LogP contribution in [-0.4, -0.2) is 42.7 Å². The minimum absolute atomic E-state index is 0.178. The summed E-state index contributed by atoms with van der Waals surface area (Å²) < 4.78 is 27.0. The van der Waals surface area contributed by atoms with Crippen LogP contribution in [0.5, 0.6) is 11.6 Å². The quantitative estimate of drug-likeness (QED) is 0.703. The topological polar surface area (TPSA) is 107 Å². The van der Waals surface area contributed by atoms with Crippen LogP contribution in [0.1, 0.15) is 42.0 Å². The van der Waals surface area contributed by atoms with Crippen molar-refractivity contribution in [1.29, 1.82) is 0 Å². The van der Waals surface area contributed by atoms with E-state index in [4.69, 9.17) is 15.2 Å². The molecule has 2 aromatic rings. The van der Waals surface area contributed by atoms with Crippen LogP contribution in [0.15, 0.2) is 34.4 Å². The van der Waals surface area contributed by atoms with Crippen molar-refractivity contribution >= 4 is 23.6 Å². The van der Waals surface area contributed by atoms with Crippen molar-refractivity contribution in [3.63, 3.8) is 0 Å². The average molecular weight is 424 g/mol. The molecule has 2 heterocycles. The molecule has 1 aliphatic carbocycles. The van der Waals surface area contributed by atoms with Gasteiger partial charge in [0.1, 0.15) is 5.84 Å². The highest BCUT2D eigenvalue weighted by Gasteiger charge is 2.28. The number of methoxy groups -OCH3 is 1. The van der Waals surface area contributed by atoms with Crippen LogP contribution in [0.3, 0.4) is 0 Å². The monoisotopic (exact) mass is 424 g/mol. The van der Waals surface area contributed by atoms with Crippen LogP contribution >= 0.6 is 0 Å². The van der Waals surface area contributed by atoms with Crippen molar-refractivity contribution in [2.75, 3.05) is 26.0 Å². The van der Waals surface area contributed by atoms with Crippen LogP contribution in [0.4, 0.5) is 10.3 Å². The molecule has 31 heavy (non-hydrogen) atoms. The molecule has 1 saturated carbocycles. The van der Waals surface area contributed by atoms with Crippen molar-refractivity contribution in [2.45, 2.75) is 31.8 Å². The number of nitrogens with zero attached hydrogens (tertiary/aromatic N) is 4. The van der Waals surface area contributed by atoms with Gasteiger partial charge < -0.3 is 20.5 Å². The van der Waals surface area contributed by atoms with E-state index in [1.54, 1.807) is 32.5 Å². The van der Waals surface area contributed by atoms with Gasteiger partial charge in [-0.05, 0) is 18.8 Å². The standard InChI is InChI=1S/C22H25FN6O2/c1-25-22-28-15(12-30-2)8-19(29-22)31-21-17(13-4-3-5-13)7-6-16(20(21)23)14-9-26-11-18(24)27-10-14/h6-8,10-11,13H,3-5,9,12H2,1-2H3,(H2,24,27)(H,25,28,29). The van der Waals surface area contributed by atoms with E-state index < -0.39 is 5.82 Å². The highest BCUT2D eigenvalue weighted by Crippen LogP contribution is 2.44. The number of anilines is 1. The molecule has 0 unspecified atom stereocenters. The molecule has 3 N–H and O–H groups in total. The van der Waals surface area contributed by atoms with Gasteiger partial charge in [0.2, 0.25) is 11.8 Å². The average Bonchev–Trinajstić information content (AvgIpc) is 2.94. The highest BCUT2D eigenvalue weighted by molar-refractivity contribution is 6.29. The number of nitrogens with two attached hydrogens (primary N) is 1. The summed E-state index contributed by atoms with van der Waals surface area (Å²) in [7, 11) is 3.29. The number of hydrogen-bond acceptors (Lipinski definition) is 8. The van der Waals surface area contributed by atoms with Crippen molar-refractivity contribution < 1.29 is 13.9 Å². The Hall–Kier alpha value is -3.33. The second kappa shape index (κ2) is 9.22. The van der Waals surface area contributed by atoms with Crippen molar-refractivity contribution in [3.8, 4) is 11.6 Å². The Morgan fingerprint density at radius 3 is 2.81 bits per heavy atom. The number of nitrogens with one attached hydrogen (secondary N) is 1. The zero-order chi connectivity index (χ0) is 21.8. The maximum absolute atomic E-state index is 15.8. The van der Waals surface area contributed by atoms with Gasteiger partial charge in [0, 0.05) is 43.1 Å². The minimum atomic E-state index is -0.459. The van der Waals surface area contributed by atoms with Gasteiger partial charge in [0.05, 0.1) is 25.1 Å². The van der Waals surface area contributed by atoms with E-state index >= 15 is 4.39 Å². The number of halogens is 1. The van der Waals surface area contributed by atoms with Gasteiger partial charge in [-0.15, -0.1) is 0 Å². The molecule has 0 saturated heterocycles. The van der Waals surface area contributed by atoms with E-state index in [0.717, 1.165) is 24.8 Å². The lowest BCUT2D eigenvalue weighted by Crippen LogP contribution is -2.12. The van der Waals surface area contributed by atoms with Crippen molar-refractivity contribution in [3.05, 3.63) is 47.0 Å². The van der Waals surface area contributed by atoms with E-state index in [0.29, 0.717) is 22.8 Å². The Balaban J connectivity index is 1.77. The zero-order valence-corrected chi connectivity index (χ0v) is 17.6. The molecule has 2 aliphatic rings. The first-order chi connectivity index (χ1) is 15.1. The van der Waals surface area contributed by atoms with Crippen LogP contribution in [0.25, 0.3) is 5.57 Å². The number of rotatable bonds is 7. The first-order valence-electron chi connectivity index (χ1n) is 10.2. The minimum Gasteiger partial charge on any atom is -0.435 e. The van der Waals surface area contributed by atoms with Crippen LogP contribution in [0.2, 0.25) is 0 Å². The Morgan fingerprint density at radius 2 is 2.10 bits per heavy atom. The summed E-state index contributed by atoms with van der Waals surface area (Å²) in [6.07, 6.45) is 6.15. The Morgan fingerprint density at radius 1 is 1.26 bits per heavy atom.